The molecular weight excluding hydrogens is 417 g/mol. The summed E-state index contributed by atoms with van der Waals surface area (Å²) in [6.45, 7) is 3.71. The predicted molar refractivity (Wildman–Crippen MR) is 108 cm³/mol. The van der Waals surface area contributed by atoms with E-state index < -0.39 is 11.7 Å². The summed E-state index contributed by atoms with van der Waals surface area (Å²) in [5.41, 5.74) is 1.64. The fraction of sp³-hybridized carbons (Fsp3) is 0.190. The van der Waals surface area contributed by atoms with Gasteiger partial charge in [0, 0.05) is 5.56 Å². The van der Waals surface area contributed by atoms with Crippen LogP contribution in [0.5, 0.6) is 5.88 Å². The molecule has 0 saturated carbocycles. The Bertz CT molecular complexity index is 1200. The molecule has 9 heteroatoms. The van der Waals surface area contributed by atoms with Gasteiger partial charge in [-0.3, -0.25) is 0 Å². The van der Waals surface area contributed by atoms with Crippen molar-refractivity contribution in [2.24, 2.45) is 0 Å². The molecule has 0 aliphatic carbocycles. The Morgan fingerprint density at radius 3 is 2.30 bits per heavy atom. The molecule has 2 aromatic heterocycles. The standard InChI is InChI=1S/C21H16ClF3N4O/c1-12(2)30-20-18-17(26-11-27-20)19(13-7-9-14(10-8-13)21(23,24)25)29(28-18)16-6-4-3-5-15(16)22/h3-12H,1-2H3. The highest BCUT2D eigenvalue weighted by Gasteiger charge is 2.30. The first-order valence-corrected chi connectivity index (χ1v) is 9.46. The largest absolute Gasteiger partial charge is 0.473 e. The third-order valence-electron chi connectivity index (χ3n) is 4.34. The maximum absolute atomic E-state index is 13.0. The molecule has 0 saturated heterocycles. The van der Waals surface area contributed by atoms with E-state index in [1.54, 1.807) is 28.9 Å². The Balaban J connectivity index is 1.99. The van der Waals surface area contributed by atoms with Gasteiger partial charge in [-0.2, -0.15) is 23.3 Å². The number of ether oxygens (including phenoxy) is 1. The molecule has 5 nitrogen and oxygen atoms in total. The monoisotopic (exact) mass is 432 g/mol. The number of nitrogens with zero attached hydrogens (tertiary/aromatic N) is 4. The zero-order chi connectivity index (χ0) is 21.5. The van der Waals surface area contributed by atoms with E-state index in [0.29, 0.717) is 33.0 Å². The first-order valence-electron chi connectivity index (χ1n) is 9.08. The minimum Gasteiger partial charge on any atom is -0.473 e. The van der Waals surface area contributed by atoms with E-state index >= 15 is 0 Å². The van der Waals surface area contributed by atoms with Crippen molar-refractivity contribution in [3.63, 3.8) is 0 Å². The molecule has 0 atom stereocenters. The summed E-state index contributed by atoms with van der Waals surface area (Å²) in [4.78, 5) is 8.50. The van der Waals surface area contributed by atoms with E-state index in [2.05, 4.69) is 15.1 Å². The second-order valence-corrected chi connectivity index (χ2v) is 7.24. The van der Waals surface area contributed by atoms with Gasteiger partial charge in [0.1, 0.15) is 17.5 Å². The summed E-state index contributed by atoms with van der Waals surface area (Å²) in [5, 5.41) is 5.03. The molecule has 154 valence electrons. The lowest BCUT2D eigenvalue weighted by Gasteiger charge is -2.11. The van der Waals surface area contributed by atoms with Crippen LogP contribution in [0.1, 0.15) is 19.4 Å². The van der Waals surface area contributed by atoms with Crippen molar-refractivity contribution in [2.45, 2.75) is 26.1 Å². The van der Waals surface area contributed by atoms with Gasteiger partial charge < -0.3 is 4.74 Å². The van der Waals surface area contributed by atoms with Crippen molar-refractivity contribution >= 4 is 22.6 Å². The van der Waals surface area contributed by atoms with E-state index in [0.717, 1.165) is 12.1 Å². The van der Waals surface area contributed by atoms with Crippen LogP contribution in [-0.2, 0) is 6.18 Å². The van der Waals surface area contributed by atoms with Gasteiger partial charge in [0.2, 0.25) is 5.88 Å². The van der Waals surface area contributed by atoms with Gasteiger partial charge in [-0.25, -0.2) is 9.67 Å². The van der Waals surface area contributed by atoms with Gasteiger partial charge in [-0.15, -0.1) is 0 Å². The maximum atomic E-state index is 13.0. The maximum Gasteiger partial charge on any atom is 0.416 e. The fourth-order valence-corrected chi connectivity index (χ4v) is 3.28. The normalized spacial score (nSPS) is 12.0. The zero-order valence-corrected chi connectivity index (χ0v) is 16.7. The molecule has 0 N–H and O–H groups in total. The van der Waals surface area contributed by atoms with E-state index in [1.165, 1.54) is 18.5 Å². The summed E-state index contributed by atoms with van der Waals surface area (Å²) in [6, 6.07) is 11.9. The number of para-hydroxylation sites is 1. The van der Waals surface area contributed by atoms with E-state index in [1.807, 2.05) is 13.8 Å². The molecule has 2 aromatic carbocycles. The van der Waals surface area contributed by atoms with Crippen molar-refractivity contribution in [2.75, 3.05) is 0 Å². The second-order valence-electron chi connectivity index (χ2n) is 6.83. The average molecular weight is 433 g/mol. The van der Waals surface area contributed by atoms with Crippen LogP contribution < -0.4 is 4.74 Å². The minimum absolute atomic E-state index is 0.150. The van der Waals surface area contributed by atoms with Crippen LogP contribution in [0.2, 0.25) is 5.02 Å². The number of benzene rings is 2. The molecule has 30 heavy (non-hydrogen) atoms. The van der Waals surface area contributed by atoms with Crippen LogP contribution in [0.15, 0.2) is 54.9 Å². The number of aromatic nitrogens is 4. The van der Waals surface area contributed by atoms with Crippen molar-refractivity contribution in [1.29, 1.82) is 0 Å². The summed E-state index contributed by atoms with van der Waals surface area (Å²) < 4.78 is 46.3. The number of fused-ring (bicyclic) bond motifs is 1. The molecule has 4 aromatic rings. The number of halogens is 4. The van der Waals surface area contributed by atoms with Gasteiger partial charge in [-0.1, -0.05) is 35.9 Å². The highest BCUT2D eigenvalue weighted by molar-refractivity contribution is 6.32. The summed E-state index contributed by atoms with van der Waals surface area (Å²) in [7, 11) is 0. The van der Waals surface area contributed by atoms with Crippen LogP contribution in [0, 0.1) is 0 Å². The van der Waals surface area contributed by atoms with Crippen LogP contribution >= 0.6 is 11.6 Å². The second kappa shape index (κ2) is 7.60. The predicted octanol–water partition coefficient (Wildman–Crippen LogP) is 5.94. The molecule has 0 bridgehead atoms. The molecule has 4 rings (SSSR count). The number of alkyl halides is 3. The Hall–Kier alpha value is -3.13. The molecule has 0 aliphatic heterocycles. The minimum atomic E-state index is -4.43. The molecular formula is C21H16ClF3N4O. The van der Waals surface area contributed by atoms with Gasteiger partial charge in [0.25, 0.3) is 0 Å². The smallest absolute Gasteiger partial charge is 0.416 e. The zero-order valence-electron chi connectivity index (χ0n) is 16.0. The van der Waals surface area contributed by atoms with Crippen LogP contribution in [0.25, 0.3) is 28.0 Å². The van der Waals surface area contributed by atoms with Crippen LogP contribution in [0.4, 0.5) is 13.2 Å². The van der Waals surface area contributed by atoms with E-state index in [4.69, 9.17) is 16.3 Å². The van der Waals surface area contributed by atoms with Gasteiger partial charge >= 0.3 is 6.18 Å². The molecule has 0 unspecified atom stereocenters. The molecule has 0 amide bonds. The van der Waals surface area contributed by atoms with Crippen LogP contribution in [-0.4, -0.2) is 25.9 Å². The molecule has 0 radical (unpaired) electrons. The summed E-state index contributed by atoms with van der Waals surface area (Å²) in [5.74, 6) is 0.286. The number of hydrogen-bond donors (Lipinski definition) is 0. The Morgan fingerprint density at radius 2 is 1.67 bits per heavy atom. The van der Waals surface area contributed by atoms with Crippen LogP contribution in [0.3, 0.4) is 0 Å². The Kier molecular flexibility index (Phi) is 5.11. The number of hydrogen-bond acceptors (Lipinski definition) is 4. The first-order chi connectivity index (χ1) is 14.3. The van der Waals surface area contributed by atoms with Crippen molar-refractivity contribution in [3.8, 4) is 22.8 Å². The topological polar surface area (TPSA) is 52.8 Å². The van der Waals surface area contributed by atoms with Crippen molar-refractivity contribution in [1.82, 2.24) is 19.7 Å². The summed E-state index contributed by atoms with van der Waals surface area (Å²) in [6.07, 6.45) is -3.24. The van der Waals surface area contributed by atoms with Gasteiger partial charge in [0.05, 0.1) is 22.4 Å². The number of rotatable bonds is 4. The van der Waals surface area contributed by atoms with E-state index in [-0.39, 0.29) is 12.0 Å². The lowest BCUT2D eigenvalue weighted by Crippen LogP contribution is -2.07. The Morgan fingerprint density at radius 1 is 0.967 bits per heavy atom. The van der Waals surface area contributed by atoms with Crippen molar-refractivity contribution < 1.29 is 17.9 Å². The Labute approximate surface area is 175 Å². The lowest BCUT2D eigenvalue weighted by atomic mass is 10.1. The molecule has 2 heterocycles. The fourth-order valence-electron chi connectivity index (χ4n) is 3.06. The highest BCUT2D eigenvalue weighted by Crippen LogP contribution is 2.36. The van der Waals surface area contributed by atoms with E-state index in [9.17, 15) is 13.2 Å². The quantitative estimate of drug-likeness (QED) is 0.400. The van der Waals surface area contributed by atoms with Gasteiger partial charge in [0.15, 0.2) is 5.52 Å². The third-order valence-corrected chi connectivity index (χ3v) is 4.66. The molecule has 0 spiro atoms. The molecule has 0 fully saturated rings. The third kappa shape index (κ3) is 3.70. The van der Waals surface area contributed by atoms with Gasteiger partial charge in [-0.05, 0) is 38.1 Å². The summed E-state index contributed by atoms with van der Waals surface area (Å²) >= 11 is 6.38. The average Bonchev–Trinajstić information content (AvgIpc) is 3.08. The first kappa shape index (κ1) is 20.2. The highest BCUT2D eigenvalue weighted by atomic mass is 35.5. The molecule has 0 aliphatic rings. The van der Waals surface area contributed by atoms with Crippen molar-refractivity contribution in [3.05, 3.63) is 65.4 Å². The SMILES string of the molecule is CC(C)Oc1ncnc2c(-c3ccc(C(F)(F)F)cc3)n(-c3ccccc3Cl)nc12. The lowest BCUT2D eigenvalue weighted by molar-refractivity contribution is -0.137.